The number of carbonyl (C=O) groups excluding carboxylic acids is 1. The molecule has 0 radical (unpaired) electrons. The average molecular weight is 736 g/mol. The number of esters is 1. The molecular formula is C32H30BrCl2FN4O4S. The molecule has 13 heteroatoms. The number of carbonyl (C=O) groups is 1. The maximum absolute atomic E-state index is 14.5. The number of fused-ring (bicyclic) bond motifs is 1. The van der Waals surface area contributed by atoms with Gasteiger partial charge in [0.05, 0.1) is 27.8 Å². The Morgan fingerprint density at radius 2 is 1.89 bits per heavy atom. The summed E-state index contributed by atoms with van der Waals surface area (Å²) in [5, 5.41) is 9.44. The summed E-state index contributed by atoms with van der Waals surface area (Å²) in [5.74, 6) is 0.797. The highest BCUT2D eigenvalue weighted by Crippen LogP contribution is 2.44. The first-order valence-electron chi connectivity index (χ1n) is 14.1. The molecular weight excluding hydrogens is 706 g/mol. The predicted molar refractivity (Wildman–Crippen MR) is 178 cm³/mol. The average Bonchev–Trinajstić information content (AvgIpc) is 3.38. The van der Waals surface area contributed by atoms with Gasteiger partial charge in [-0.05, 0) is 85.1 Å². The van der Waals surface area contributed by atoms with Crippen molar-refractivity contribution in [3.63, 3.8) is 0 Å². The van der Waals surface area contributed by atoms with Gasteiger partial charge in [-0.25, -0.2) is 13.9 Å². The number of hydrogen-bond acceptors (Lipinski definition) is 8. The number of hydrogen-bond donors (Lipinski definition) is 1. The van der Waals surface area contributed by atoms with Gasteiger partial charge in [-0.15, -0.1) is 5.10 Å². The van der Waals surface area contributed by atoms with Crippen molar-refractivity contribution in [3.05, 3.63) is 103 Å². The monoisotopic (exact) mass is 734 g/mol. The van der Waals surface area contributed by atoms with Gasteiger partial charge in [-0.1, -0.05) is 59.2 Å². The zero-order valence-electron chi connectivity index (χ0n) is 24.9. The number of nitrogens with one attached hydrogen (secondary N) is 1. The molecule has 45 heavy (non-hydrogen) atoms. The van der Waals surface area contributed by atoms with E-state index in [4.69, 9.17) is 47.5 Å². The Morgan fingerprint density at radius 1 is 1.13 bits per heavy atom. The molecule has 0 bridgehead atoms. The molecule has 0 fully saturated rings. The molecule has 236 valence electrons. The first-order chi connectivity index (χ1) is 21.6. The van der Waals surface area contributed by atoms with Crippen LogP contribution in [-0.4, -0.2) is 33.4 Å². The number of allylic oxidation sites excluding steroid dienone is 1. The Hall–Kier alpha value is -3.25. The third-order valence-electron chi connectivity index (χ3n) is 6.78. The zero-order chi connectivity index (χ0) is 32.2. The zero-order valence-corrected chi connectivity index (χ0v) is 28.8. The molecule has 8 nitrogen and oxygen atoms in total. The van der Waals surface area contributed by atoms with Gasteiger partial charge >= 0.3 is 5.97 Å². The van der Waals surface area contributed by atoms with Crippen LogP contribution in [0.15, 0.2) is 75.5 Å². The second-order valence-corrected chi connectivity index (χ2v) is 12.9. The molecule has 1 aliphatic heterocycles. The lowest BCUT2D eigenvalue weighted by atomic mass is 9.95. The summed E-state index contributed by atoms with van der Waals surface area (Å²) in [4.78, 5) is 18.2. The Balaban J connectivity index is 1.55. The molecule has 3 aromatic carbocycles. The van der Waals surface area contributed by atoms with E-state index in [9.17, 15) is 9.18 Å². The van der Waals surface area contributed by atoms with Crippen LogP contribution in [0.4, 0.5) is 10.3 Å². The first kappa shape index (κ1) is 33.1. The van der Waals surface area contributed by atoms with Crippen LogP contribution in [0.3, 0.4) is 0 Å². The minimum atomic E-state index is -0.722. The van der Waals surface area contributed by atoms with Gasteiger partial charge in [-0.2, -0.15) is 4.98 Å². The highest BCUT2D eigenvalue weighted by Gasteiger charge is 2.36. The van der Waals surface area contributed by atoms with Crippen molar-refractivity contribution in [1.82, 2.24) is 14.8 Å². The fourth-order valence-corrected chi connectivity index (χ4v) is 6.67. The third kappa shape index (κ3) is 7.43. The molecule has 0 saturated heterocycles. The van der Waals surface area contributed by atoms with Crippen LogP contribution < -0.4 is 14.8 Å². The van der Waals surface area contributed by atoms with E-state index in [0.29, 0.717) is 61.3 Å². The Kier molecular flexibility index (Phi) is 10.6. The fraction of sp³-hybridized carbons (Fsp3) is 0.281. The largest absolute Gasteiger partial charge is 0.490 e. The van der Waals surface area contributed by atoms with E-state index in [1.54, 1.807) is 37.6 Å². The van der Waals surface area contributed by atoms with Crippen molar-refractivity contribution in [2.45, 2.75) is 57.4 Å². The first-order valence-corrected chi connectivity index (χ1v) is 16.6. The van der Waals surface area contributed by atoms with Crippen molar-refractivity contribution in [3.8, 4) is 11.5 Å². The van der Waals surface area contributed by atoms with Gasteiger partial charge in [0.25, 0.3) is 0 Å². The molecule has 1 atom stereocenters. The van der Waals surface area contributed by atoms with Gasteiger partial charge in [0.15, 0.2) is 11.5 Å². The van der Waals surface area contributed by atoms with E-state index >= 15 is 0 Å². The molecule has 1 unspecified atom stereocenters. The van der Waals surface area contributed by atoms with Crippen molar-refractivity contribution in [2.75, 3.05) is 11.9 Å². The van der Waals surface area contributed by atoms with E-state index < -0.39 is 17.8 Å². The van der Waals surface area contributed by atoms with E-state index in [0.717, 1.165) is 5.56 Å². The van der Waals surface area contributed by atoms with E-state index in [1.807, 2.05) is 37.3 Å². The molecule has 1 N–H and O–H groups in total. The number of thioether (sulfide) groups is 1. The van der Waals surface area contributed by atoms with Crippen LogP contribution in [0.5, 0.6) is 11.5 Å². The lowest BCUT2D eigenvalue weighted by Crippen LogP contribution is -2.30. The van der Waals surface area contributed by atoms with Crippen molar-refractivity contribution in [1.29, 1.82) is 0 Å². The molecule has 1 aliphatic rings. The maximum Gasteiger partial charge on any atom is 0.338 e. The second-order valence-electron chi connectivity index (χ2n) is 10.3. The lowest BCUT2D eigenvalue weighted by Gasteiger charge is -2.29. The summed E-state index contributed by atoms with van der Waals surface area (Å²) < 4.78 is 34.4. The van der Waals surface area contributed by atoms with E-state index in [-0.39, 0.29) is 23.3 Å². The standard InChI is InChI=1S/C32H30BrCl2FN4O4S/c1-5-42-26-14-20(13-22(33)29(26)43-15-21-24(35)11-8-12-25(21)36)28-27(30(41)44-17(2)3)18(4)37-31-38-32(39-40(28)31)45-16-19-9-6-7-10-23(19)34/h6-14,17,28H,5,15-16H2,1-4H3,(H,37,38,39). The van der Waals surface area contributed by atoms with Crippen LogP contribution in [0.2, 0.25) is 10.0 Å². The highest BCUT2D eigenvalue weighted by atomic mass is 79.9. The fourth-order valence-electron chi connectivity index (χ4n) is 4.76. The van der Waals surface area contributed by atoms with Crippen LogP contribution in [0.25, 0.3) is 0 Å². The topological polar surface area (TPSA) is 87.5 Å². The van der Waals surface area contributed by atoms with Crippen molar-refractivity contribution >= 4 is 62.8 Å². The molecule has 0 spiro atoms. The third-order valence-corrected chi connectivity index (χ3v) is 8.98. The molecule has 5 rings (SSSR count). The van der Waals surface area contributed by atoms with Crippen molar-refractivity contribution in [2.24, 2.45) is 0 Å². The Labute approximate surface area is 283 Å². The SMILES string of the molecule is CCOc1cc(C2C(C(=O)OC(C)C)=C(C)Nc3nc(SCc4ccccc4Cl)nn32)cc(Br)c1OCc1c(F)cccc1Cl. The molecule has 0 aliphatic carbocycles. The summed E-state index contributed by atoms with van der Waals surface area (Å²) in [6.45, 7) is 7.43. The number of halogens is 4. The van der Waals surface area contributed by atoms with E-state index in [2.05, 4.69) is 21.2 Å². The summed E-state index contributed by atoms with van der Waals surface area (Å²) in [6.07, 6.45) is -0.343. The van der Waals surface area contributed by atoms with Crippen LogP contribution in [0.1, 0.15) is 50.4 Å². The minimum absolute atomic E-state index is 0.124. The normalized spacial score (nSPS) is 14.3. The highest BCUT2D eigenvalue weighted by molar-refractivity contribution is 9.10. The maximum atomic E-state index is 14.5. The Morgan fingerprint density at radius 3 is 2.60 bits per heavy atom. The summed E-state index contributed by atoms with van der Waals surface area (Å²) in [5.41, 5.74) is 2.78. The number of anilines is 1. The van der Waals surface area contributed by atoms with Crippen LogP contribution in [0, 0.1) is 5.82 Å². The number of nitrogens with zero attached hydrogens (tertiary/aromatic N) is 3. The second kappa shape index (κ2) is 14.5. The molecule has 2 heterocycles. The minimum Gasteiger partial charge on any atom is -0.490 e. The van der Waals surface area contributed by atoms with Gasteiger partial charge in [0, 0.05) is 22.0 Å². The number of rotatable bonds is 11. The molecule has 1 aromatic heterocycles. The summed E-state index contributed by atoms with van der Waals surface area (Å²) >= 11 is 17.6. The lowest BCUT2D eigenvalue weighted by molar-refractivity contribution is -0.143. The summed E-state index contributed by atoms with van der Waals surface area (Å²) in [6, 6.07) is 14.9. The number of ether oxygens (including phenoxy) is 3. The molecule has 4 aromatic rings. The number of aromatic nitrogens is 3. The smallest absolute Gasteiger partial charge is 0.338 e. The molecule has 0 saturated carbocycles. The van der Waals surface area contributed by atoms with Gasteiger partial charge < -0.3 is 19.5 Å². The summed E-state index contributed by atoms with van der Waals surface area (Å²) in [7, 11) is 0. The number of benzene rings is 3. The van der Waals surface area contributed by atoms with Crippen LogP contribution >= 0.6 is 50.9 Å². The van der Waals surface area contributed by atoms with Gasteiger partial charge in [0.1, 0.15) is 18.5 Å². The van der Waals surface area contributed by atoms with Crippen molar-refractivity contribution < 1.29 is 23.4 Å². The Bertz CT molecular complexity index is 1750. The quantitative estimate of drug-likeness (QED) is 0.121. The van der Waals surface area contributed by atoms with Gasteiger partial charge in [-0.3, -0.25) is 0 Å². The molecule has 0 amide bonds. The predicted octanol–water partition coefficient (Wildman–Crippen LogP) is 9.00. The van der Waals surface area contributed by atoms with Gasteiger partial charge in [0.2, 0.25) is 11.1 Å². The van der Waals surface area contributed by atoms with Crippen LogP contribution in [-0.2, 0) is 21.9 Å². The van der Waals surface area contributed by atoms with E-state index in [1.165, 1.54) is 23.9 Å².